The Kier molecular flexibility index (Phi) is 4.35. The molecule has 3 aromatic heterocycles. The first-order valence-electron chi connectivity index (χ1n) is 11.2. The van der Waals surface area contributed by atoms with E-state index in [0.717, 1.165) is 42.6 Å². The number of aliphatic hydroxyl groups is 1. The minimum absolute atomic E-state index is 0.187. The maximum Gasteiger partial charge on any atom is 0.177 e. The molecule has 2 aliphatic heterocycles. The van der Waals surface area contributed by atoms with Crippen LogP contribution in [0.5, 0.6) is 0 Å². The molecular weight excluding hydrogens is 396 g/mol. The molecule has 1 aliphatic carbocycles. The lowest BCUT2D eigenvalue weighted by atomic mass is 9.68. The van der Waals surface area contributed by atoms with E-state index in [1.165, 1.54) is 0 Å². The topological polar surface area (TPSA) is 101 Å². The van der Waals surface area contributed by atoms with Gasteiger partial charge < -0.3 is 19.5 Å². The summed E-state index contributed by atoms with van der Waals surface area (Å²) < 4.78 is 13.5. The number of rotatable bonds is 3. The minimum Gasteiger partial charge on any atom is -0.385 e. The van der Waals surface area contributed by atoms with Crippen molar-refractivity contribution < 1.29 is 14.6 Å². The molecule has 0 amide bonds. The molecule has 3 aliphatic rings. The Morgan fingerprint density at radius 1 is 1.23 bits per heavy atom. The number of hydrogen-bond acceptors (Lipinski definition) is 7. The van der Waals surface area contributed by atoms with E-state index in [4.69, 9.17) is 14.5 Å². The summed E-state index contributed by atoms with van der Waals surface area (Å²) in [6, 6.07) is 4.14. The van der Waals surface area contributed by atoms with E-state index in [1.54, 1.807) is 17.1 Å². The van der Waals surface area contributed by atoms with Crippen molar-refractivity contribution in [1.29, 1.82) is 0 Å². The molecule has 1 unspecified atom stereocenters. The first-order valence-corrected chi connectivity index (χ1v) is 11.2. The lowest BCUT2D eigenvalue weighted by Gasteiger charge is -2.50. The molecule has 6 rings (SSSR count). The van der Waals surface area contributed by atoms with Gasteiger partial charge in [-0.15, -0.1) is 0 Å². The average Bonchev–Trinajstić information content (AvgIpc) is 3.42. The van der Waals surface area contributed by atoms with Crippen molar-refractivity contribution in [2.75, 3.05) is 31.3 Å². The minimum atomic E-state index is -0.969. The largest absolute Gasteiger partial charge is 0.385 e. The van der Waals surface area contributed by atoms with Crippen LogP contribution in [0.15, 0.2) is 24.5 Å². The van der Waals surface area contributed by atoms with Crippen LogP contribution in [-0.2, 0) is 15.1 Å². The average molecular weight is 425 g/mol. The third-order valence-electron chi connectivity index (χ3n) is 7.20. The number of nitrogens with one attached hydrogen (secondary N) is 1. The highest BCUT2D eigenvalue weighted by atomic mass is 16.5. The molecule has 3 fully saturated rings. The van der Waals surface area contributed by atoms with Gasteiger partial charge in [-0.2, -0.15) is 14.9 Å². The number of ether oxygens (including phenoxy) is 2. The normalized spacial score (nSPS) is 28.2. The van der Waals surface area contributed by atoms with E-state index in [0.29, 0.717) is 44.1 Å². The van der Waals surface area contributed by atoms with Crippen LogP contribution in [0.4, 0.5) is 5.82 Å². The molecule has 9 nitrogen and oxygen atoms in total. The van der Waals surface area contributed by atoms with Gasteiger partial charge in [0.25, 0.3) is 0 Å². The first-order chi connectivity index (χ1) is 15.1. The molecule has 0 aromatic carbocycles. The molecule has 1 saturated carbocycles. The quantitative estimate of drug-likeness (QED) is 0.665. The Hall–Kier alpha value is -2.49. The molecule has 0 radical (unpaired) electrons. The van der Waals surface area contributed by atoms with Crippen LogP contribution in [0.3, 0.4) is 0 Å². The predicted octanol–water partition coefficient (Wildman–Crippen LogP) is 2.29. The monoisotopic (exact) mass is 424 g/mol. The highest BCUT2D eigenvalue weighted by Gasteiger charge is 2.50. The maximum atomic E-state index is 12.0. The standard InChI is InChI=1S/C22H28N6O3/c1-15-13-30-10-8-27(15)19-11-17(22(29)6-9-31-21(14-22)4-2-5-21)16-12-24-28(20(16)25-19)18-3-7-23-26-18/h3,7,11-12,15,29H,2,4-6,8-10,13-14H2,1H3,(H,23,26)/t15-,22?/m1/s1. The summed E-state index contributed by atoms with van der Waals surface area (Å²) in [6.45, 7) is 4.80. The van der Waals surface area contributed by atoms with Gasteiger partial charge in [0, 0.05) is 37.0 Å². The van der Waals surface area contributed by atoms with Gasteiger partial charge in [0.1, 0.15) is 5.82 Å². The van der Waals surface area contributed by atoms with Gasteiger partial charge in [-0.3, -0.25) is 5.10 Å². The Balaban J connectivity index is 1.52. The summed E-state index contributed by atoms with van der Waals surface area (Å²) >= 11 is 0. The second-order valence-corrected chi connectivity index (χ2v) is 9.21. The summed E-state index contributed by atoms with van der Waals surface area (Å²) in [4.78, 5) is 7.26. The number of nitrogens with zero attached hydrogens (tertiary/aromatic N) is 5. The smallest absolute Gasteiger partial charge is 0.177 e. The van der Waals surface area contributed by atoms with Crippen molar-refractivity contribution in [1.82, 2.24) is 25.0 Å². The molecule has 9 heteroatoms. The fraction of sp³-hybridized carbons (Fsp3) is 0.591. The van der Waals surface area contributed by atoms with Crippen molar-refractivity contribution >= 4 is 16.9 Å². The number of H-pyrrole nitrogens is 1. The fourth-order valence-corrected chi connectivity index (χ4v) is 5.36. The second kappa shape index (κ2) is 7.01. The summed E-state index contributed by atoms with van der Waals surface area (Å²) in [5.74, 6) is 1.52. The van der Waals surface area contributed by atoms with E-state index < -0.39 is 5.60 Å². The number of anilines is 1. The highest BCUT2D eigenvalue weighted by molar-refractivity contribution is 5.83. The van der Waals surface area contributed by atoms with Crippen LogP contribution in [-0.4, -0.2) is 68.1 Å². The van der Waals surface area contributed by atoms with Crippen LogP contribution in [0, 0.1) is 0 Å². The summed E-state index contributed by atoms with van der Waals surface area (Å²) in [5, 5.41) is 24.6. The van der Waals surface area contributed by atoms with E-state index >= 15 is 0 Å². The zero-order chi connectivity index (χ0) is 21.1. The molecule has 2 N–H and O–H groups in total. The Labute approximate surface area is 180 Å². The zero-order valence-corrected chi connectivity index (χ0v) is 17.8. The van der Waals surface area contributed by atoms with Gasteiger partial charge in [0.15, 0.2) is 11.5 Å². The zero-order valence-electron chi connectivity index (χ0n) is 17.8. The Morgan fingerprint density at radius 3 is 2.87 bits per heavy atom. The van der Waals surface area contributed by atoms with Crippen LogP contribution in [0.2, 0.25) is 0 Å². The van der Waals surface area contributed by atoms with Crippen LogP contribution in [0.25, 0.3) is 16.9 Å². The van der Waals surface area contributed by atoms with Crippen LogP contribution < -0.4 is 4.90 Å². The third-order valence-corrected chi connectivity index (χ3v) is 7.20. The van der Waals surface area contributed by atoms with Crippen molar-refractivity contribution in [2.24, 2.45) is 0 Å². The number of morpholine rings is 1. The van der Waals surface area contributed by atoms with E-state index in [1.807, 2.05) is 6.07 Å². The number of pyridine rings is 1. The molecule has 3 aromatic rings. The third kappa shape index (κ3) is 3.06. The summed E-state index contributed by atoms with van der Waals surface area (Å²) in [6.07, 6.45) is 7.95. The molecule has 2 saturated heterocycles. The van der Waals surface area contributed by atoms with E-state index in [-0.39, 0.29) is 11.6 Å². The van der Waals surface area contributed by atoms with E-state index in [2.05, 4.69) is 33.2 Å². The number of hydrogen-bond donors (Lipinski definition) is 2. The molecule has 2 atom stereocenters. The van der Waals surface area contributed by atoms with Crippen molar-refractivity contribution in [3.05, 3.63) is 30.1 Å². The van der Waals surface area contributed by atoms with Gasteiger partial charge >= 0.3 is 0 Å². The van der Waals surface area contributed by atoms with Crippen LogP contribution in [0.1, 0.15) is 44.6 Å². The molecule has 1 spiro atoms. The predicted molar refractivity (Wildman–Crippen MR) is 114 cm³/mol. The number of fused-ring (bicyclic) bond motifs is 1. The SMILES string of the molecule is C[C@@H]1COCCN1c1cc(C2(O)CCOC3(CCC3)C2)c2cnn(-c3cc[nH]n3)c2n1. The van der Waals surface area contributed by atoms with E-state index in [9.17, 15) is 5.11 Å². The maximum absolute atomic E-state index is 12.0. The first kappa shape index (κ1) is 19.2. The summed E-state index contributed by atoms with van der Waals surface area (Å²) in [7, 11) is 0. The van der Waals surface area contributed by atoms with Gasteiger partial charge in [-0.1, -0.05) is 0 Å². The second-order valence-electron chi connectivity index (χ2n) is 9.21. The summed E-state index contributed by atoms with van der Waals surface area (Å²) in [5.41, 5.74) is 0.444. The van der Waals surface area contributed by atoms with Gasteiger partial charge in [-0.05, 0) is 37.8 Å². The van der Waals surface area contributed by atoms with Gasteiger partial charge in [-0.25, -0.2) is 4.98 Å². The fourth-order valence-electron chi connectivity index (χ4n) is 5.36. The lowest BCUT2D eigenvalue weighted by molar-refractivity contribution is -0.195. The number of aromatic amines is 1. The van der Waals surface area contributed by atoms with Gasteiger partial charge in [0.2, 0.25) is 0 Å². The van der Waals surface area contributed by atoms with Crippen molar-refractivity contribution in [2.45, 2.75) is 56.3 Å². The van der Waals surface area contributed by atoms with Crippen molar-refractivity contribution in [3.8, 4) is 5.82 Å². The molecule has 5 heterocycles. The number of aromatic nitrogens is 5. The van der Waals surface area contributed by atoms with Crippen LogP contribution >= 0.6 is 0 Å². The molecule has 31 heavy (non-hydrogen) atoms. The van der Waals surface area contributed by atoms with Crippen molar-refractivity contribution in [3.63, 3.8) is 0 Å². The van der Waals surface area contributed by atoms with Gasteiger partial charge in [0.05, 0.1) is 43.3 Å². The molecule has 164 valence electrons. The lowest BCUT2D eigenvalue weighted by Crippen LogP contribution is -2.51. The Morgan fingerprint density at radius 2 is 2.13 bits per heavy atom. The molecular formula is C22H28N6O3. The Bertz CT molecular complexity index is 1090. The highest BCUT2D eigenvalue weighted by Crippen LogP contribution is 2.50. The molecule has 0 bridgehead atoms.